The monoisotopic (exact) mass is 349 g/mol. The molecule has 0 amide bonds. The van der Waals surface area contributed by atoms with Crippen molar-refractivity contribution >= 4 is 11.6 Å². The summed E-state index contributed by atoms with van der Waals surface area (Å²) in [7, 11) is 0. The third-order valence-corrected chi connectivity index (χ3v) is 3.93. The van der Waals surface area contributed by atoms with Gasteiger partial charge in [-0.15, -0.1) is 0 Å². The number of hydrogen-bond donors (Lipinski definition) is 1. The zero-order valence-corrected chi connectivity index (χ0v) is 13.2. The number of aromatic nitrogens is 3. The van der Waals surface area contributed by atoms with Crippen LogP contribution in [0.5, 0.6) is 0 Å². The summed E-state index contributed by atoms with van der Waals surface area (Å²) in [6.07, 6.45) is 0.0150. The van der Waals surface area contributed by atoms with E-state index < -0.39 is 17.7 Å². The fourth-order valence-corrected chi connectivity index (χ4v) is 2.81. The molecule has 0 aliphatic rings. The number of pyridine rings is 2. The maximum absolute atomic E-state index is 13.5. The molecule has 25 heavy (non-hydrogen) atoms. The summed E-state index contributed by atoms with van der Waals surface area (Å²) in [5.41, 5.74) is 0.315. The van der Waals surface area contributed by atoms with E-state index in [9.17, 15) is 18.0 Å². The lowest BCUT2D eigenvalue weighted by atomic mass is 10.0. The van der Waals surface area contributed by atoms with E-state index in [0.717, 1.165) is 0 Å². The number of rotatable bonds is 4. The van der Waals surface area contributed by atoms with Crippen LogP contribution in [-0.4, -0.2) is 25.4 Å². The van der Waals surface area contributed by atoms with Crippen molar-refractivity contribution in [1.29, 1.82) is 0 Å². The Bertz CT molecular complexity index is 948. The van der Waals surface area contributed by atoms with E-state index in [2.05, 4.69) is 9.97 Å². The molecule has 0 aliphatic heterocycles. The first kappa shape index (κ1) is 16.9. The SMILES string of the molecule is Cc1ccnc(-c2ccc(CCC(=O)O)n3ccnc23)c1C(F)(F)F. The van der Waals surface area contributed by atoms with Crippen molar-refractivity contribution in [3.63, 3.8) is 0 Å². The van der Waals surface area contributed by atoms with Crippen LogP contribution in [0.2, 0.25) is 0 Å². The van der Waals surface area contributed by atoms with Crippen LogP contribution in [0.25, 0.3) is 16.9 Å². The quantitative estimate of drug-likeness (QED) is 0.779. The summed E-state index contributed by atoms with van der Waals surface area (Å²) in [6.45, 7) is 1.39. The van der Waals surface area contributed by atoms with Gasteiger partial charge in [0.1, 0.15) is 5.65 Å². The minimum Gasteiger partial charge on any atom is -0.481 e. The molecule has 0 bridgehead atoms. The van der Waals surface area contributed by atoms with Crippen molar-refractivity contribution in [3.05, 3.63) is 53.6 Å². The van der Waals surface area contributed by atoms with E-state index >= 15 is 0 Å². The molecule has 0 radical (unpaired) electrons. The van der Waals surface area contributed by atoms with Gasteiger partial charge in [-0.2, -0.15) is 13.2 Å². The summed E-state index contributed by atoms with van der Waals surface area (Å²) in [5.74, 6) is -0.947. The highest BCUT2D eigenvalue weighted by atomic mass is 19.4. The van der Waals surface area contributed by atoms with Crippen molar-refractivity contribution in [2.24, 2.45) is 0 Å². The molecule has 0 saturated carbocycles. The molecule has 3 aromatic rings. The van der Waals surface area contributed by atoms with Crippen LogP contribution in [0.15, 0.2) is 36.8 Å². The van der Waals surface area contributed by atoms with Gasteiger partial charge in [0.15, 0.2) is 0 Å². The van der Waals surface area contributed by atoms with E-state index in [0.29, 0.717) is 11.3 Å². The number of carbonyl (C=O) groups is 1. The van der Waals surface area contributed by atoms with Crippen molar-refractivity contribution in [3.8, 4) is 11.3 Å². The van der Waals surface area contributed by atoms with Gasteiger partial charge in [-0.1, -0.05) is 0 Å². The van der Waals surface area contributed by atoms with Gasteiger partial charge in [-0.25, -0.2) is 4.98 Å². The minimum absolute atomic E-state index is 0.0802. The summed E-state index contributed by atoms with van der Waals surface area (Å²) in [5, 5.41) is 8.83. The molecule has 0 unspecified atom stereocenters. The fraction of sp³-hybridized carbons (Fsp3) is 0.235. The minimum atomic E-state index is -4.54. The van der Waals surface area contributed by atoms with Gasteiger partial charge < -0.3 is 9.51 Å². The zero-order chi connectivity index (χ0) is 18.2. The Balaban J connectivity index is 2.19. The van der Waals surface area contributed by atoms with Crippen LogP contribution in [0.4, 0.5) is 13.2 Å². The van der Waals surface area contributed by atoms with Crippen LogP contribution in [0, 0.1) is 6.92 Å². The highest BCUT2D eigenvalue weighted by Gasteiger charge is 2.36. The number of fused-ring (bicyclic) bond motifs is 1. The van der Waals surface area contributed by atoms with Crippen molar-refractivity contribution < 1.29 is 23.1 Å². The molecule has 3 heterocycles. The second kappa shape index (κ2) is 6.19. The Morgan fingerprint density at radius 3 is 2.64 bits per heavy atom. The summed E-state index contributed by atoms with van der Waals surface area (Å²) >= 11 is 0. The second-order valence-electron chi connectivity index (χ2n) is 5.60. The van der Waals surface area contributed by atoms with Gasteiger partial charge in [0.2, 0.25) is 0 Å². The standard InChI is InChI=1S/C17H14F3N3O2/c1-10-6-7-21-15(14(10)17(18,19)20)12-4-2-11(3-5-13(24)25)23-9-8-22-16(12)23/h2,4,6-9H,3,5H2,1H3,(H,24,25). The van der Waals surface area contributed by atoms with E-state index in [4.69, 9.17) is 5.11 Å². The molecular formula is C17H14F3N3O2. The van der Waals surface area contributed by atoms with Crippen LogP contribution >= 0.6 is 0 Å². The highest BCUT2D eigenvalue weighted by molar-refractivity contribution is 5.78. The zero-order valence-electron chi connectivity index (χ0n) is 13.2. The van der Waals surface area contributed by atoms with E-state index in [1.165, 1.54) is 31.5 Å². The predicted octanol–water partition coefficient (Wildman–Crippen LogP) is 3.74. The Morgan fingerprint density at radius 2 is 1.96 bits per heavy atom. The molecule has 0 spiro atoms. The van der Waals surface area contributed by atoms with Crippen molar-refractivity contribution in [1.82, 2.24) is 14.4 Å². The maximum atomic E-state index is 13.5. The second-order valence-corrected chi connectivity index (χ2v) is 5.60. The average molecular weight is 349 g/mol. The number of alkyl halides is 3. The number of hydrogen-bond acceptors (Lipinski definition) is 3. The van der Waals surface area contributed by atoms with Gasteiger partial charge in [-0.3, -0.25) is 9.78 Å². The van der Waals surface area contributed by atoms with Gasteiger partial charge in [0, 0.05) is 29.8 Å². The Hall–Kier alpha value is -2.90. The smallest absolute Gasteiger partial charge is 0.418 e. The third kappa shape index (κ3) is 3.19. The first-order valence-electron chi connectivity index (χ1n) is 7.49. The maximum Gasteiger partial charge on any atom is 0.418 e. The molecule has 3 rings (SSSR count). The Labute approximate surface area is 140 Å². The van der Waals surface area contributed by atoms with Crippen molar-refractivity contribution in [2.45, 2.75) is 25.9 Å². The molecule has 130 valence electrons. The van der Waals surface area contributed by atoms with Crippen LogP contribution in [-0.2, 0) is 17.4 Å². The van der Waals surface area contributed by atoms with Gasteiger partial charge in [-0.05, 0) is 37.1 Å². The molecule has 1 N–H and O–H groups in total. The predicted molar refractivity (Wildman–Crippen MR) is 84.1 cm³/mol. The largest absolute Gasteiger partial charge is 0.481 e. The number of aryl methyl sites for hydroxylation is 2. The molecule has 0 atom stereocenters. The number of carboxylic acids is 1. The summed E-state index contributed by atoms with van der Waals surface area (Å²) in [4.78, 5) is 18.9. The topological polar surface area (TPSA) is 67.5 Å². The number of nitrogens with zero attached hydrogens (tertiary/aromatic N) is 3. The molecule has 0 fully saturated rings. The van der Waals surface area contributed by atoms with Gasteiger partial charge in [0.25, 0.3) is 0 Å². The van der Waals surface area contributed by atoms with Crippen LogP contribution < -0.4 is 0 Å². The molecule has 5 nitrogen and oxygen atoms in total. The molecule has 0 saturated heterocycles. The number of imidazole rings is 1. The summed E-state index contributed by atoms with van der Waals surface area (Å²) in [6, 6.07) is 4.43. The average Bonchev–Trinajstić information content (AvgIpc) is 3.00. The van der Waals surface area contributed by atoms with Crippen LogP contribution in [0.3, 0.4) is 0 Å². The molecule has 0 aromatic carbocycles. The molecule has 0 aliphatic carbocycles. The number of aliphatic carboxylic acids is 1. The molecule has 3 aromatic heterocycles. The number of carboxylic acid groups (broad SMARTS) is 1. The lowest BCUT2D eigenvalue weighted by Gasteiger charge is -2.16. The summed E-state index contributed by atoms with van der Waals surface area (Å²) < 4.78 is 42.0. The molecular weight excluding hydrogens is 335 g/mol. The van der Waals surface area contributed by atoms with Crippen LogP contribution in [0.1, 0.15) is 23.2 Å². The van der Waals surface area contributed by atoms with Gasteiger partial charge in [0.05, 0.1) is 17.7 Å². The third-order valence-electron chi connectivity index (χ3n) is 3.93. The first-order valence-corrected chi connectivity index (χ1v) is 7.49. The normalized spacial score (nSPS) is 11.8. The highest BCUT2D eigenvalue weighted by Crippen LogP contribution is 2.39. The fourth-order valence-electron chi connectivity index (χ4n) is 2.81. The Kier molecular flexibility index (Phi) is 4.20. The van der Waals surface area contributed by atoms with E-state index in [1.807, 2.05) is 0 Å². The lowest BCUT2D eigenvalue weighted by molar-refractivity contribution is -0.138. The molecule has 8 heteroatoms. The van der Waals surface area contributed by atoms with E-state index in [-0.39, 0.29) is 29.7 Å². The van der Waals surface area contributed by atoms with Crippen molar-refractivity contribution in [2.75, 3.05) is 0 Å². The Morgan fingerprint density at radius 1 is 1.20 bits per heavy atom. The van der Waals surface area contributed by atoms with E-state index in [1.54, 1.807) is 16.7 Å². The lowest BCUT2D eigenvalue weighted by Crippen LogP contribution is -2.11. The number of halogens is 3. The first-order chi connectivity index (χ1) is 11.8. The van der Waals surface area contributed by atoms with Gasteiger partial charge >= 0.3 is 12.1 Å².